The highest BCUT2D eigenvalue weighted by Crippen LogP contribution is 2.43. The van der Waals surface area contributed by atoms with Crippen molar-refractivity contribution in [2.45, 2.75) is 6.92 Å². The van der Waals surface area contributed by atoms with Crippen molar-refractivity contribution in [2.24, 2.45) is 7.05 Å². The van der Waals surface area contributed by atoms with E-state index in [1.54, 1.807) is 54.5 Å². The van der Waals surface area contributed by atoms with Crippen LogP contribution in [0, 0.1) is 5.82 Å². The van der Waals surface area contributed by atoms with E-state index >= 15 is 0 Å². The summed E-state index contributed by atoms with van der Waals surface area (Å²) in [5.74, 6) is -0.187. The van der Waals surface area contributed by atoms with E-state index in [4.69, 9.17) is 0 Å². The zero-order chi connectivity index (χ0) is 21.3. The molecule has 1 amide bonds. The first-order chi connectivity index (χ1) is 14.5. The predicted octanol–water partition coefficient (Wildman–Crippen LogP) is 4.68. The molecule has 0 aliphatic rings. The summed E-state index contributed by atoms with van der Waals surface area (Å²) >= 11 is 0. The minimum Gasteiger partial charge on any atom is -0.506 e. The number of halogens is 1. The molecule has 0 fully saturated rings. The van der Waals surface area contributed by atoms with Gasteiger partial charge in [-0.2, -0.15) is 5.10 Å². The van der Waals surface area contributed by atoms with Gasteiger partial charge in [-0.25, -0.2) is 4.39 Å². The van der Waals surface area contributed by atoms with Gasteiger partial charge in [0.1, 0.15) is 23.1 Å². The lowest BCUT2D eigenvalue weighted by molar-refractivity contribution is -0.115. The third-order valence-electron chi connectivity index (χ3n) is 4.75. The molecule has 6 nitrogen and oxygen atoms in total. The highest BCUT2D eigenvalue weighted by Gasteiger charge is 2.28. The average molecular weight is 402 g/mol. The summed E-state index contributed by atoms with van der Waals surface area (Å²) in [6.45, 7) is 1.42. The van der Waals surface area contributed by atoms with Gasteiger partial charge in [-0.1, -0.05) is 12.1 Å². The summed E-state index contributed by atoms with van der Waals surface area (Å²) in [5.41, 5.74) is 3.08. The first kappa shape index (κ1) is 19.3. The van der Waals surface area contributed by atoms with Crippen LogP contribution >= 0.6 is 0 Å². The topological polar surface area (TPSA) is 71.2 Å². The molecule has 0 aliphatic carbocycles. The Kier molecular flexibility index (Phi) is 5.02. The SMILES string of the molecule is CC(=O)N(c1ccccc1O)c1c(-c2ccncc2)c(-c2ccc(F)cc2)nn1C. The van der Waals surface area contributed by atoms with Crippen LogP contribution in [-0.2, 0) is 11.8 Å². The van der Waals surface area contributed by atoms with E-state index < -0.39 is 0 Å². The Bertz CT molecular complexity index is 1200. The third kappa shape index (κ3) is 3.41. The number of para-hydroxylation sites is 2. The van der Waals surface area contributed by atoms with Crippen LogP contribution in [-0.4, -0.2) is 25.8 Å². The summed E-state index contributed by atoms with van der Waals surface area (Å²) in [4.78, 5) is 18.2. The second-order valence-corrected chi connectivity index (χ2v) is 6.76. The number of rotatable bonds is 4. The standard InChI is InChI=1S/C23H19FN4O2/c1-15(29)28(19-5-3-4-6-20(19)30)23-21(16-11-13-25-14-12-16)22(26-27(23)2)17-7-9-18(24)10-8-17/h3-14,30H,1-2H3. The van der Waals surface area contributed by atoms with Gasteiger partial charge in [0, 0.05) is 31.9 Å². The number of aryl methyl sites for hydroxylation is 1. The molecule has 2 aromatic carbocycles. The van der Waals surface area contributed by atoms with Crippen LogP contribution in [0.3, 0.4) is 0 Å². The molecule has 7 heteroatoms. The second kappa shape index (κ2) is 7.79. The van der Waals surface area contributed by atoms with Crippen LogP contribution < -0.4 is 4.90 Å². The Hall–Kier alpha value is -4.00. The molecule has 0 saturated carbocycles. The van der Waals surface area contributed by atoms with Crippen molar-refractivity contribution in [2.75, 3.05) is 4.90 Å². The van der Waals surface area contributed by atoms with Crippen molar-refractivity contribution in [1.29, 1.82) is 0 Å². The van der Waals surface area contributed by atoms with Gasteiger partial charge in [0.05, 0.1) is 11.3 Å². The van der Waals surface area contributed by atoms with Gasteiger partial charge in [0.2, 0.25) is 5.91 Å². The van der Waals surface area contributed by atoms with Crippen molar-refractivity contribution in [3.63, 3.8) is 0 Å². The number of nitrogens with zero attached hydrogens (tertiary/aromatic N) is 4. The summed E-state index contributed by atoms with van der Waals surface area (Å²) in [7, 11) is 1.73. The number of carbonyl (C=O) groups excluding carboxylic acids is 1. The minimum absolute atomic E-state index is 0.0297. The fourth-order valence-corrected chi connectivity index (χ4v) is 3.45. The van der Waals surface area contributed by atoms with Crippen molar-refractivity contribution in [3.05, 3.63) is 78.9 Å². The van der Waals surface area contributed by atoms with Gasteiger partial charge in [0.15, 0.2) is 0 Å². The maximum Gasteiger partial charge on any atom is 0.229 e. The van der Waals surface area contributed by atoms with Crippen LogP contribution in [0.25, 0.3) is 22.4 Å². The second-order valence-electron chi connectivity index (χ2n) is 6.76. The molecule has 0 aliphatic heterocycles. The lowest BCUT2D eigenvalue weighted by Crippen LogP contribution is -2.25. The van der Waals surface area contributed by atoms with Crippen molar-refractivity contribution < 1.29 is 14.3 Å². The lowest BCUT2D eigenvalue weighted by atomic mass is 10.0. The van der Waals surface area contributed by atoms with Gasteiger partial charge < -0.3 is 5.11 Å². The fourth-order valence-electron chi connectivity index (χ4n) is 3.45. The number of aromatic hydroxyl groups is 1. The number of amides is 1. The summed E-state index contributed by atoms with van der Waals surface area (Å²) in [6.07, 6.45) is 3.30. The number of carbonyl (C=O) groups is 1. The number of phenols is 1. The van der Waals surface area contributed by atoms with Crippen molar-refractivity contribution >= 4 is 17.4 Å². The zero-order valence-corrected chi connectivity index (χ0v) is 16.5. The molecular formula is C23H19FN4O2. The largest absolute Gasteiger partial charge is 0.506 e. The monoisotopic (exact) mass is 402 g/mol. The smallest absolute Gasteiger partial charge is 0.229 e. The minimum atomic E-state index is -0.347. The molecule has 150 valence electrons. The zero-order valence-electron chi connectivity index (χ0n) is 16.5. The number of hydrogen-bond acceptors (Lipinski definition) is 4. The Morgan fingerprint density at radius 3 is 2.30 bits per heavy atom. The van der Waals surface area contributed by atoms with Gasteiger partial charge >= 0.3 is 0 Å². The van der Waals surface area contributed by atoms with Gasteiger partial charge in [0.25, 0.3) is 0 Å². The maximum absolute atomic E-state index is 13.5. The first-order valence-electron chi connectivity index (χ1n) is 9.29. The molecule has 0 unspecified atom stereocenters. The molecular weight excluding hydrogens is 383 g/mol. The van der Waals surface area contributed by atoms with Crippen LogP contribution in [0.15, 0.2) is 73.1 Å². The van der Waals surface area contributed by atoms with Gasteiger partial charge in [-0.15, -0.1) is 0 Å². The van der Waals surface area contributed by atoms with Crippen LogP contribution in [0.4, 0.5) is 15.9 Å². The number of aromatic nitrogens is 3. The van der Waals surface area contributed by atoms with E-state index in [9.17, 15) is 14.3 Å². The fraction of sp³-hybridized carbons (Fsp3) is 0.0870. The number of anilines is 2. The lowest BCUT2D eigenvalue weighted by Gasteiger charge is -2.23. The highest BCUT2D eigenvalue weighted by molar-refractivity contribution is 6.05. The summed E-state index contributed by atoms with van der Waals surface area (Å²) in [5, 5.41) is 15.1. The molecule has 2 heterocycles. The van der Waals surface area contributed by atoms with Crippen LogP contribution in [0.5, 0.6) is 5.75 Å². The van der Waals surface area contributed by atoms with E-state index in [0.29, 0.717) is 28.3 Å². The van der Waals surface area contributed by atoms with E-state index in [1.807, 2.05) is 12.1 Å². The van der Waals surface area contributed by atoms with E-state index in [2.05, 4.69) is 10.1 Å². The molecule has 0 bridgehead atoms. The van der Waals surface area contributed by atoms with E-state index in [1.165, 1.54) is 30.0 Å². The normalized spacial score (nSPS) is 10.8. The number of pyridine rings is 1. The van der Waals surface area contributed by atoms with Gasteiger partial charge in [-0.3, -0.25) is 19.4 Å². The first-order valence-corrected chi connectivity index (χ1v) is 9.29. The molecule has 4 aromatic rings. The molecule has 2 aromatic heterocycles. The molecule has 30 heavy (non-hydrogen) atoms. The summed E-state index contributed by atoms with van der Waals surface area (Å²) < 4.78 is 15.1. The average Bonchev–Trinajstić information content (AvgIpc) is 3.07. The molecule has 0 atom stereocenters. The predicted molar refractivity (Wildman–Crippen MR) is 113 cm³/mol. The number of benzene rings is 2. The van der Waals surface area contributed by atoms with Crippen molar-refractivity contribution in [1.82, 2.24) is 14.8 Å². The molecule has 4 rings (SSSR count). The third-order valence-corrected chi connectivity index (χ3v) is 4.75. The molecule has 0 radical (unpaired) electrons. The molecule has 0 saturated heterocycles. The highest BCUT2D eigenvalue weighted by atomic mass is 19.1. The Balaban J connectivity index is 2.03. The maximum atomic E-state index is 13.5. The van der Waals surface area contributed by atoms with E-state index in [-0.39, 0.29) is 17.5 Å². The van der Waals surface area contributed by atoms with Crippen LogP contribution in [0.1, 0.15) is 6.92 Å². The number of phenolic OH excluding ortho intramolecular Hbond substituents is 1. The Morgan fingerprint density at radius 2 is 1.67 bits per heavy atom. The van der Waals surface area contributed by atoms with E-state index in [0.717, 1.165) is 5.56 Å². The Morgan fingerprint density at radius 1 is 1.00 bits per heavy atom. The summed E-state index contributed by atoms with van der Waals surface area (Å²) in [6, 6.07) is 16.3. The number of hydrogen-bond donors (Lipinski definition) is 1. The molecule has 1 N–H and O–H groups in total. The molecule has 0 spiro atoms. The quantitative estimate of drug-likeness (QED) is 0.538. The van der Waals surface area contributed by atoms with Gasteiger partial charge in [-0.05, 0) is 54.1 Å². The Labute approximate surface area is 172 Å². The van der Waals surface area contributed by atoms with Crippen LogP contribution in [0.2, 0.25) is 0 Å². The van der Waals surface area contributed by atoms with Crippen molar-refractivity contribution in [3.8, 4) is 28.1 Å².